The summed E-state index contributed by atoms with van der Waals surface area (Å²) >= 11 is 0. The first-order valence-electron chi connectivity index (χ1n) is 20.2. The first kappa shape index (κ1) is 35.7. The van der Waals surface area contributed by atoms with E-state index < -0.39 is 77.6 Å². The lowest BCUT2D eigenvalue weighted by atomic mass is 9.96. The van der Waals surface area contributed by atoms with E-state index in [0.717, 1.165) is 10.9 Å². The average Bonchev–Trinajstić information content (AvgIpc) is 4.08. The van der Waals surface area contributed by atoms with Crippen molar-refractivity contribution in [3.05, 3.63) is 72.5 Å². The normalized spacial score (nSPS) is 27.0. The van der Waals surface area contributed by atoms with Crippen molar-refractivity contribution in [2.75, 3.05) is 13.1 Å². The minimum Gasteiger partial charge on any atom is -0.361 e. The topological polar surface area (TPSA) is 230 Å². The second kappa shape index (κ2) is 16.8. The van der Waals surface area contributed by atoms with Gasteiger partial charge in [0.25, 0.3) is 0 Å². The molecule has 6 amide bonds. The maximum Gasteiger partial charge on any atom is 0.246 e. The Hall–Kier alpha value is -6.00. The number of fused-ring (bicyclic) bond motifs is 3. The van der Waals surface area contributed by atoms with Crippen LogP contribution in [0.3, 0.4) is 0 Å². The molecule has 1 aromatic carbocycles. The fraction of sp³-hybridized carbons (Fsp3) is 0.487. The number of hydrogen-bond donors (Lipinski definition) is 7. The average molecular weight is 770 g/mol. The van der Waals surface area contributed by atoms with E-state index in [9.17, 15) is 30.2 Å². The number of rotatable bonds is 8. The molecule has 0 aliphatic carbocycles. The Balaban J connectivity index is 1.30. The Morgan fingerprint density at radius 3 is 2.02 bits per heavy atom. The van der Waals surface area contributed by atoms with Crippen LogP contribution in [0.25, 0.3) is 10.9 Å². The highest BCUT2D eigenvalue weighted by Crippen LogP contribution is 2.25. The van der Waals surface area contributed by atoms with Crippen molar-refractivity contribution in [2.24, 2.45) is 5.92 Å². The third-order valence-corrected chi connectivity index (χ3v) is 11.2. The molecule has 3 aliphatic heterocycles. The molecule has 3 saturated heterocycles. The van der Waals surface area contributed by atoms with Gasteiger partial charge in [-0.05, 0) is 43.2 Å². The van der Waals surface area contributed by atoms with Crippen LogP contribution in [-0.2, 0) is 48.0 Å². The second-order valence-electron chi connectivity index (χ2n) is 14.9. The van der Waals surface area contributed by atoms with Crippen LogP contribution in [0.15, 0.2) is 55.5 Å². The summed E-state index contributed by atoms with van der Waals surface area (Å²) in [5, 5.41) is 7.65. The van der Waals surface area contributed by atoms with Crippen LogP contribution in [0, 0.1) is 5.92 Å². The number of H-pyrrole nitrogens is 3. The predicted octanol–water partition coefficient (Wildman–Crippen LogP) is 0.623. The Labute approximate surface area is 326 Å². The van der Waals surface area contributed by atoms with Crippen LogP contribution in [-0.4, -0.2) is 120 Å². The molecule has 6 heterocycles. The van der Waals surface area contributed by atoms with Gasteiger partial charge in [0, 0.05) is 73.2 Å². The second-order valence-corrected chi connectivity index (χ2v) is 14.9. The highest BCUT2D eigenvalue weighted by Gasteiger charge is 2.43. The number of hydrogen-bond acceptors (Lipinski definition) is 8. The summed E-state index contributed by atoms with van der Waals surface area (Å²) in [5.41, 5.74) is 2.47. The third kappa shape index (κ3) is 8.16. The predicted molar refractivity (Wildman–Crippen MR) is 203 cm³/mol. The molecule has 0 unspecified atom stereocenters. The number of amides is 6. The molecule has 0 radical (unpaired) electrons. The number of imidazole rings is 2. The van der Waals surface area contributed by atoms with Crippen LogP contribution >= 0.6 is 0 Å². The Kier molecular flexibility index (Phi) is 10.7. The Bertz CT molecular complexity index is 2130. The molecule has 4 aromatic rings. The molecule has 7 N–H and O–H groups in total. The number of benzene rings is 1. The van der Waals surface area contributed by atoms with Crippen molar-refractivity contribution < 1.29 is 31.6 Å². The van der Waals surface area contributed by atoms with Crippen molar-refractivity contribution in [3.63, 3.8) is 0 Å². The van der Waals surface area contributed by atoms with Gasteiger partial charge in [-0.15, -0.1) is 0 Å². The minimum absolute atomic E-state index is 0.0269. The maximum atomic E-state index is 14.6. The zero-order valence-corrected chi connectivity index (χ0v) is 31.4. The largest absolute Gasteiger partial charge is 0.361 e. The smallest absolute Gasteiger partial charge is 0.246 e. The number of para-hydroxylation sites is 1. The van der Waals surface area contributed by atoms with Gasteiger partial charge in [0.15, 0.2) is 2.82 Å². The summed E-state index contributed by atoms with van der Waals surface area (Å²) in [6.07, 6.45) is 9.03. The fourth-order valence-corrected chi connectivity index (χ4v) is 7.95. The molecule has 3 fully saturated rings. The SMILES string of the molecule is [2H]N1C(=O)[C@@H](Cc2c[nH]c3ccccc23)NC(=O)[C@@H]2CCCN2C(=O)[C@H](Cc2cnc[nH]2)NC(=O)[C@H](Cc2cnc[nH]2)N([2H])C(=O)[C@@H]2CCCN2C(=O)[C@@H]1[C@@H](C)CC. The Morgan fingerprint density at radius 1 is 0.732 bits per heavy atom. The van der Waals surface area contributed by atoms with Crippen molar-refractivity contribution in [1.82, 2.24) is 56.0 Å². The molecule has 3 aromatic heterocycles. The van der Waals surface area contributed by atoms with E-state index >= 15 is 0 Å². The fourth-order valence-electron chi connectivity index (χ4n) is 7.95. The van der Waals surface area contributed by atoms with E-state index in [1.165, 1.54) is 34.8 Å². The van der Waals surface area contributed by atoms with Crippen molar-refractivity contribution >= 4 is 46.3 Å². The van der Waals surface area contributed by atoms with Crippen molar-refractivity contribution in [1.29, 1.82) is 0 Å². The van der Waals surface area contributed by atoms with E-state index in [-0.39, 0.29) is 45.2 Å². The molecule has 7 rings (SSSR count). The molecule has 296 valence electrons. The lowest BCUT2D eigenvalue weighted by Gasteiger charge is -2.34. The van der Waals surface area contributed by atoms with E-state index in [4.69, 9.17) is 1.41 Å². The lowest BCUT2D eigenvalue weighted by molar-refractivity contribution is -0.145. The lowest BCUT2D eigenvalue weighted by Crippen LogP contribution is -2.62. The van der Waals surface area contributed by atoms with Gasteiger partial charge >= 0.3 is 0 Å². The van der Waals surface area contributed by atoms with Gasteiger partial charge in [0.05, 0.1) is 12.7 Å². The molecule has 0 saturated carbocycles. The summed E-state index contributed by atoms with van der Waals surface area (Å²) in [6, 6.07) is -0.0968. The molecular formula is C39H49N11O6. The van der Waals surface area contributed by atoms with E-state index in [0.29, 0.717) is 46.8 Å². The minimum atomic E-state index is -1.47. The summed E-state index contributed by atoms with van der Waals surface area (Å²) < 4.78 is 18.4. The molecular weight excluding hydrogens is 718 g/mol. The number of carbonyl (C=O) groups is 6. The first-order valence-corrected chi connectivity index (χ1v) is 19.3. The quantitative estimate of drug-likeness (QED) is 0.134. The molecule has 0 spiro atoms. The third-order valence-electron chi connectivity index (χ3n) is 11.2. The number of nitrogens with one attached hydrogen (secondary N) is 7. The van der Waals surface area contributed by atoms with Crippen LogP contribution in [0.1, 0.15) is 62.9 Å². The summed E-state index contributed by atoms with van der Waals surface area (Å²) in [6.45, 7) is 3.88. The van der Waals surface area contributed by atoms with Gasteiger partial charge < -0.3 is 46.0 Å². The molecule has 17 heteroatoms. The van der Waals surface area contributed by atoms with Gasteiger partial charge in [-0.3, -0.25) is 28.8 Å². The summed E-state index contributed by atoms with van der Waals surface area (Å²) in [5.74, 6) is -4.82. The van der Waals surface area contributed by atoms with Gasteiger partial charge in [-0.25, -0.2) is 9.97 Å². The zero-order chi connectivity index (χ0) is 41.1. The van der Waals surface area contributed by atoms with Crippen LogP contribution in [0.4, 0.5) is 0 Å². The standard InChI is InChI=1S/C39H49N11O6/c1-3-22(2)33-39(56)50-13-7-11-32(50)37(54)46-29(15-24-18-40-20-43-24)34(51)47-30(16-25-19-41-21-44-25)38(55)49-12-6-10-31(49)36(53)45-28(35(52)48-33)14-23-17-42-27-9-5-4-8-26(23)27/h4-5,8-9,17-22,28-33,42H,3,6-7,10-16H2,1-2H3,(H,40,43)(H,41,44)(H,45,53)(H,46,54)(H,47,51)(H,48,52)/t22-,28+,29-,30-,31-,32-,33-/m0/s1/i/hD2. The molecule has 56 heavy (non-hydrogen) atoms. The van der Waals surface area contributed by atoms with E-state index in [1.807, 2.05) is 31.2 Å². The summed E-state index contributed by atoms with van der Waals surface area (Å²) in [7, 11) is 0. The van der Waals surface area contributed by atoms with E-state index in [1.54, 1.807) is 13.1 Å². The van der Waals surface area contributed by atoms with Gasteiger partial charge in [0.1, 0.15) is 36.3 Å². The molecule has 3 aliphatic rings. The van der Waals surface area contributed by atoms with Crippen LogP contribution in [0.2, 0.25) is 2.82 Å². The Morgan fingerprint density at radius 2 is 1.36 bits per heavy atom. The van der Waals surface area contributed by atoms with Crippen LogP contribution in [0.5, 0.6) is 0 Å². The zero-order valence-electron chi connectivity index (χ0n) is 33.4. The first-order chi connectivity index (χ1) is 28.0. The molecule has 0 bridgehead atoms. The highest BCUT2D eigenvalue weighted by molar-refractivity contribution is 5.99. The van der Waals surface area contributed by atoms with Gasteiger partial charge in [-0.1, -0.05) is 38.5 Å². The highest BCUT2D eigenvalue weighted by atomic mass is 16.2. The number of aromatic amines is 3. The number of carbonyl (C=O) groups excluding carboxylic acids is 6. The van der Waals surface area contributed by atoms with E-state index in [2.05, 4.69) is 35.6 Å². The molecule has 17 nitrogen and oxygen atoms in total. The van der Waals surface area contributed by atoms with Gasteiger partial charge in [0.2, 0.25) is 35.4 Å². The maximum absolute atomic E-state index is 14.6. The monoisotopic (exact) mass is 769 g/mol. The summed E-state index contributed by atoms with van der Waals surface area (Å²) in [4.78, 5) is 107. The molecule has 7 atom stereocenters. The number of aromatic nitrogens is 5. The number of nitrogens with zero attached hydrogens (tertiary/aromatic N) is 4. The van der Waals surface area contributed by atoms with Crippen LogP contribution < -0.4 is 21.3 Å². The van der Waals surface area contributed by atoms with Crippen molar-refractivity contribution in [2.45, 2.75) is 101 Å². The van der Waals surface area contributed by atoms with Crippen molar-refractivity contribution in [3.8, 4) is 0 Å². The van der Waals surface area contributed by atoms with Gasteiger partial charge in [-0.2, -0.15) is 0 Å².